The summed E-state index contributed by atoms with van der Waals surface area (Å²) < 4.78 is 14.1. The maximum Gasteiger partial charge on any atom is 0.226 e. The summed E-state index contributed by atoms with van der Waals surface area (Å²) in [6.07, 6.45) is 2.30. The summed E-state index contributed by atoms with van der Waals surface area (Å²) in [7, 11) is 3.44. The molecule has 0 amide bonds. The molecule has 27 heavy (non-hydrogen) atoms. The van der Waals surface area contributed by atoms with Crippen molar-refractivity contribution >= 4 is 24.0 Å². The summed E-state index contributed by atoms with van der Waals surface area (Å²) >= 11 is 0. The Morgan fingerprint density at radius 3 is 2.15 bits per heavy atom. The SMILES string of the molecule is CC(C)(C)N.CNc1ccc(F)c(C)c1.Cn1cc(C(=O)C=O)cc1C=O. The Hall–Kier alpha value is -2.80. The number of nitrogens with one attached hydrogen (secondary N) is 1. The molecule has 2 aromatic rings. The number of nitrogens with zero attached hydrogens (tertiary/aromatic N) is 1. The van der Waals surface area contributed by atoms with E-state index in [1.54, 1.807) is 26.1 Å². The van der Waals surface area contributed by atoms with Gasteiger partial charge in [-0.15, -0.1) is 0 Å². The maximum atomic E-state index is 12.6. The van der Waals surface area contributed by atoms with Crippen molar-refractivity contribution in [3.63, 3.8) is 0 Å². The second kappa shape index (κ2) is 11.0. The standard InChI is InChI=1S/C8H10FN.C8H7NO3.C4H11N/c1-6-5-7(10-2)3-4-8(6)9;1-9-3-6(8(12)5-11)2-7(9)4-10;1-4(2,3)5/h3-5,10H,1-2H3;2-5H,1H3;5H2,1-3H3. The molecule has 3 N–H and O–H groups in total. The van der Waals surface area contributed by atoms with E-state index in [1.807, 2.05) is 27.8 Å². The van der Waals surface area contributed by atoms with Crippen molar-refractivity contribution in [2.75, 3.05) is 12.4 Å². The molecule has 0 radical (unpaired) electrons. The van der Waals surface area contributed by atoms with E-state index in [4.69, 9.17) is 5.73 Å². The fourth-order valence-corrected chi connectivity index (χ4v) is 1.70. The Morgan fingerprint density at radius 1 is 1.22 bits per heavy atom. The number of nitrogens with two attached hydrogens (primary N) is 1. The highest BCUT2D eigenvalue weighted by Crippen LogP contribution is 2.12. The van der Waals surface area contributed by atoms with E-state index in [2.05, 4.69) is 5.32 Å². The number of carbonyl (C=O) groups excluding carboxylic acids is 3. The van der Waals surface area contributed by atoms with Gasteiger partial charge in [0.2, 0.25) is 5.78 Å². The zero-order valence-corrected chi connectivity index (χ0v) is 16.7. The molecule has 148 valence electrons. The highest BCUT2D eigenvalue weighted by molar-refractivity contribution is 6.33. The number of hydrogen-bond donors (Lipinski definition) is 2. The predicted molar refractivity (Wildman–Crippen MR) is 106 cm³/mol. The largest absolute Gasteiger partial charge is 0.388 e. The quantitative estimate of drug-likeness (QED) is 0.485. The van der Waals surface area contributed by atoms with Crippen LogP contribution in [0, 0.1) is 12.7 Å². The molecule has 0 bridgehead atoms. The van der Waals surface area contributed by atoms with E-state index in [0.29, 0.717) is 17.5 Å². The molecule has 0 unspecified atom stereocenters. The molecule has 0 aliphatic carbocycles. The fraction of sp³-hybridized carbons (Fsp3) is 0.350. The summed E-state index contributed by atoms with van der Waals surface area (Å²) in [4.78, 5) is 31.2. The molecule has 0 fully saturated rings. The minimum absolute atomic E-state index is 0. The number of carbonyl (C=O) groups is 3. The number of ketones is 1. The van der Waals surface area contributed by atoms with E-state index in [9.17, 15) is 18.8 Å². The highest BCUT2D eigenvalue weighted by Gasteiger charge is 2.08. The number of aldehydes is 2. The van der Waals surface area contributed by atoms with Crippen LogP contribution in [-0.4, -0.2) is 35.5 Å². The third-order valence-electron chi connectivity index (χ3n) is 3.00. The molecule has 0 saturated heterocycles. The van der Waals surface area contributed by atoms with Gasteiger partial charge in [-0.3, -0.25) is 14.4 Å². The summed E-state index contributed by atoms with van der Waals surface area (Å²) in [6.45, 7) is 7.64. The third kappa shape index (κ3) is 10.1. The Bertz CT molecular complexity index is 771. The van der Waals surface area contributed by atoms with Crippen molar-refractivity contribution in [3.05, 3.63) is 53.1 Å². The zero-order valence-electron chi connectivity index (χ0n) is 16.7. The van der Waals surface area contributed by atoms with Crippen molar-refractivity contribution in [1.82, 2.24) is 4.57 Å². The Balaban J connectivity index is 0.000000408. The first-order chi connectivity index (χ1) is 12.4. The monoisotopic (exact) mass is 377 g/mol. The lowest BCUT2D eigenvalue weighted by Crippen LogP contribution is -2.26. The van der Waals surface area contributed by atoms with E-state index in [-0.39, 0.29) is 23.2 Å². The van der Waals surface area contributed by atoms with Crippen molar-refractivity contribution in [1.29, 1.82) is 0 Å². The van der Waals surface area contributed by atoms with Crippen LogP contribution in [0.5, 0.6) is 0 Å². The van der Waals surface area contributed by atoms with E-state index < -0.39 is 5.78 Å². The highest BCUT2D eigenvalue weighted by atomic mass is 19.1. The Kier molecular flexibility index (Phi) is 9.88. The van der Waals surface area contributed by atoms with Gasteiger partial charge in [0.25, 0.3) is 0 Å². The lowest BCUT2D eigenvalue weighted by atomic mass is 10.1. The molecule has 0 spiro atoms. The van der Waals surface area contributed by atoms with Gasteiger partial charge in [0, 0.05) is 37.1 Å². The molecule has 6 nitrogen and oxygen atoms in total. The molecule has 0 aliphatic heterocycles. The van der Waals surface area contributed by atoms with Crippen LogP contribution in [0.4, 0.5) is 10.1 Å². The van der Waals surface area contributed by atoms with Crippen LogP contribution in [-0.2, 0) is 11.8 Å². The van der Waals surface area contributed by atoms with E-state index >= 15 is 0 Å². The van der Waals surface area contributed by atoms with Crippen LogP contribution < -0.4 is 11.1 Å². The van der Waals surface area contributed by atoms with E-state index in [1.165, 1.54) is 22.9 Å². The molecular weight excluding hydrogens is 349 g/mol. The van der Waals surface area contributed by atoms with Gasteiger partial charge >= 0.3 is 0 Å². The van der Waals surface area contributed by atoms with E-state index in [0.717, 1.165) is 5.69 Å². The first-order valence-corrected chi connectivity index (χ1v) is 8.26. The Labute approximate surface area is 159 Å². The molecule has 7 heteroatoms. The normalized spacial score (nSPS) is 9.93. The lowest BCUT2D eigenvalue weighted by Gasteiger charge is -2.06. The van der Waals surface area contributed by atoms with Gasteiger partial charge in [-0.2, -0.15) is 0 Å². The molecule has 1 aromatic heterocycles. The molecule has 0 saturated carbocycles. The number of anilines is 1. The van der Waals surface area contributed by atoms with Gasteiger partial charge in [-0.25, -0.2) is 4.39 Å². The molecule has 2 rings (SSSR count). The lowest BCUT2D eigenvalue weighted by molar-refractivity contribution is -0.104. The van der Waals surface area contributed by atoms with Crippen molar-refractivity contribution in [2.45, 2.75) is 33.2 Å². The third-order valence-corrected chi connectivity index (χ3v) is 3.00. The minimum atomic E-state index is -0.612. The van der Waals surface area contributed by atoms with Crippen LogP contribution in [0.3, 0.4) is 0 Å². The summed E-state index contributed by atoms with van der Waals surface area (Å²) in [6, 6.07) is 6.32. The van der Waals surface area contributed by atoms with Crippen molar-refractivity contribution in [2.24, 2.45) is 12.8 Å². The molecule has 1 aromatic carbocycles. The summed E-state index contributed by atoms with van der Waals surface area (Å²) in [5, 5.41) is 2.93. The summed E-state index contributed by atoms with van der Waals surface area (Å²) in [5.74, 6) is -0.766. The topological polar surface area (TPSA) is 94.2 Å². The Morgan fingerprint density at radius 2 is 1.78 bits per heavy atom. The smallest absolute Gasteiger partial charge is 0.226 e. The van der Waals surface area contributed by atoms with Crippen LogP contribution in [0.15, 0.2) is 30.5 Å². The zero-order chi connectivity index (χ0) is 21.2. The van der Waals surface area contributed by atoms with Crippen LogP contribution in [0.2, 0.25) is 0 Å². The predicted octanol–water partition coefficient (Wildman–Crippen LogP) is 3.14. The number of benzene rings is 1. The number of aromatic nitrogens is 1. The van der Waals surface area contributed by atoms with Gasteiger partial charge in [-0.1, -0.05) is 0 Å². The van der Waals surface area contributed by atoms with Gasteiger partial charge in [-0.05, 0) is 57.5 Å². The van der Waals surface area contributed by atoms with Crippen LogP contribution in [0.25, 0.3) is 0 Å². The number of rotatable bonds is 4. The first kappa shape index (κ1) is 24.2. The fourth-order valence-electron chi connectivity index (χ4n) is 1.70. The average Bonchev–Trinajstić information content (AvgIpc) is 2.96. The molecular formula is C20H28FN3O3. The number of halogens is 1. The second-order valence-electron chi connectivity index (χ2n) is 6.94. The number of hydrogen-bond acceptors (Lipinski definition) is 5. The maximum absolute atomic E-state index is 12.6. The number of Topliss-reactive ketones (excluding diaryl/α,β-unsaturated/α-hetero) is 1. The van der Waals surface area contributed by atoms with Crippen molar-refractivity contribution in [3.8, 4) is 0 Å². The van der Waals surface area contributed by atoms with Gasteiger partial charge in [0.15, 0.2) is 12.6 Å². The van der Waals surface area contributed by atoms with Gasteiger partial charge < -0.3 is 15.6 Å². The van der Waals surface area contributed by atoms with Crippen molar-refractivity contribution < 1.29 is 18.8 Å². The molecule has 0 atom stereocenters. The van der Waals surface area contributed by atoms with Crippen LogP contribution in [0.1, 0.15) is 47.2 Å². The second-order valence-corrected chi connectivity index (χ2v) is 6.94. The first-order valence-electron chi connectivity index (χ1n) is 8.26. The van der Waals surface area contributed by atoms with Gasteiger partial charge in [0.05, 0.1) is 5.69 Å². The summed E-state index contributed by atoms with van der Waals surface area (Å²) in [5.41, 5.74) is 7.59. The van der Waals surface area contributed by atoms with Crippen LogP contribution >= 0.6 is 0 Å². The van der Waals surface area contributed by atoms with Gasteiger partial charge in [0.1, 0.15) is 5.82 Å². The molecule has 1 heterocycles. The minimum Gasteiger partial charge on any atom is -0.388 e. The molecule has 0 aliphatic rings. The average molecular weight is 377 g/mol. The number of aryl methyl sites for hydroxylation is 2.